The van der Waals surface area contributed by atoms with Crippen molar-refractivity contribution in [2.24, 2.45) is 5.73 Å². The van der Waals surface area contributed by atoms with Gasteiger partial charge >= 0.3 is 0 Å². The highest BCUT2D eigenvalue weighted by Gasteiger charge is 2.09. The zero-order valence-electron chi connectivity index (χ0n) is 12.0. The summed E-state index contributed by atoms with van der Waals surface area (Å²) in [6.45, 7) is 6.69. The van der Waals surface area contributed by atoms with Crippen LogP contribution in [0.25, 0.3) is 0 Å². The van der Waals surface area contributed by atoms with Crippen LogP contribution >= 0.6 is 0 Å². The van der Waals surface area contributed by atoms with Gasteiger partial charge in [0.2, 0.25) is 5.91 Å². The number of hydrogen-bond acceptors (Lipinski definition) is 3. The molecule has 0 aliphatic rings. The van der Waals surface area contributed by atoms with E-state index in [1.165, 1.54) is 0 Å². The maximum absolute atomic E-state index is 11.8. The lowest BCUT2D eigenvalue weighted by molar-refractivity contribution is -0.119. The first-order valence-electron chi connectivity index (χ1n) is 7.01. The number of benzene rings is 1. The van der Waals surface area contributed by atoms with Gasteiger partial charge in [-0.2, -0.15) is 0 Å². The Morgan fingerprint density at radius 3 is 2.47 bits per heavy atom. The summed E-state index contributed by atoms with van der Waals surface area (Å²) in [6, 6.07) is 8.05. The van der Waals surface area contributed by atoms with Crippen LogP contribution in [0.15, 0.2) is 24.3 Å². The second kappa shape index (κ2) is 8.53. The Labute approximate surface area is 116 Å². The van der Waals surface area contributed by atoms with E-state index in [1.54, 1.807) is 0 Å². The third kappa shape index (κ3) is 5.30. The fourth-order valence-electron chi connectivity index (χ4n) is 1.86. The minimum Gasteiger partial charge on any atom is -0.363 e. The minimum atomic E-state index is 0.0817. The van der Waals surface area contributed by atoms with Crippen molar-refractivity contribution in [2.45, 2.75) is 33.2 Å². The van der Waals surface area contributed by atoms with Crippen LogP contribution < -0.4 is 16.0 Å². The van der Waals surface area contributed by atoms with E-state index >= 15 is 0 Å². The SMILES string of the molecule is CCCCNC(=O)CN(CC)c1ccc(CN)cc1. The van der Waals surface area contributed by atoms with Crippen LogP contribution in [0.2, 0.25) is 0 Å². The molecule has 0 unspecified atom stereocenters. The van der Waals surface area contributed by atoms with E-state index in [-0.39, 0.29) is 5.91 Å². The molecule has 19 heavy (non-hydrogen) atoms. The quantitative estimate of drug-likeness (QED) is 0.704. The van der Waals surface area contributed by atoms with Crippen molar-refractivity contribution >= 4 is 11.6 Å². The Hall–Kier alpha value is -1.55. The van der Waals surface area contributed by atoms with Gasteiger partial charge in [-0.1, -0.05) is 25.5 Å². The number of nitrogens with zero attached hydrogens (tertiary/aromatic N) is 1. The van der Waals surface area contributed by atoms with Crippen LogP contribution in [0.5, 0.6) is 0 Å². The average Bonchev–Trinajstić information content (AvgIpc) is 2.45. The van der Waals surface area contributed by atoms with Gasteiger partial charge < -0.3 is 16.0 Å². The van der Waals surface area contributed by atoms with Crippen molar-refractivity contribution in [2.75, 3.05) is 24.5 Å². The first kappa shape index (κ1) is 15.5. The summed E-state index contributed by atoms with van der Waals surface area (Å²) in [4.78, 5) is 13.9. The lowest BCUT2D eigenvalue weighted by atomic mass is 10.2. The number of likely N-dealkylation sites (N-methyl/N-ethyl adjacent to an activating group) is 1. The number of nitrogens with two attached hydrogens (primary N) is 1. The summed E-state index contributed by atoms with van der Waals surface area (Å²) >= 11 is 0. The Morgan fingerprint density at radius 2 is 1.95 bits per heavy atom. The Bertz CT molecular complexity index is 375. The lowest BCUT2D eigenvalue weighted by Gasteiger charge is -2.22. The first-order valence-corrected chi connectivity index (χ1v) is 7.01. The Balaban J connectivity index is 2.54. The summed E-state index contributed by atoms with van der Waals surface area (Å²) in [5.41, 5.74) is 7.74. The minimum absolute atomic E-state index is 0.0817. The molecule has 1 rings (SSSR count). The lowest BCUT2D eigenvalue weighted by Crippen LogP contribution is -2.37. The van der Waals surface area contributed by atoms with Crippen LogP contribution in [-0.2, 0) is 11.3 Å². The molecule has 0 aromatic heterocycles. The van der Waals surface area contributed by atoms with Gasteiger partial charge in [-0.3, -0.25) is 4.79 Å². The van der Waals surface area contributed by atoms with E-state index in [1.807, 2.05) is 24.3 Å². The third-order valence-electron chi connectivity index (χ3n) is 3.11. The predicted molar refractivity (Wildman–Crippen MR) is 80.1 cm³/mol. The smallest absolute Gasteiger partial charge is 0.239 e. The zero-order valence-corrected chi connectivity index (χ0v) is 12.0. The van der Waals surface area contributed by atoms with Crippen molar-refractivity contribution in [3.63, 3.8) is 0 Å². The molecule has 0 bridgehead atoms. The average molecular weight is 263 g/mol. The molecule has 1 amide bonds. The summed E-state index contributed by atoms with van der Waals surface area (Å²) in [6.07, 6.45) is 2.13. The summed E-state index contributed by atoms with van der Waals surface area (Å²) < 4.78 is 0. The van der Waals surface area contributed by atoms with Crippen LogP contribution in [0.3, 0.4) is 0 Å². The fourth-order valence-corrected chi connectivity index (χ4v) is 1.86. The molecule has 3 N–H and O–H groups in total. The Kier molecular flexibility index (Phi) is 6.97. The molecule has 0 aliphatic heterocycles. The van der Waals surface area contributed by atoms with Crippen molar-refractivity contribution in [3.8, 4) is 0 Å². The van der Waals surface area contributed by atoms with E-state index in [0.29, 0.717) is 13.1 Å². The molecule has 4 heteroatoms. The highest BCUT2D eigenvalue weighted by molar-refractivity contribution is 5.81. The van der Waals surface area contributed by atoms with Crippen LogP contribution in [0, 0.1) is 0 Å². The second-order valence-electron chi connectivity index (χ2n) is 4.59. The van der Waals surface area contributed by atoms with E-state index in [4.69, 9.17) is 5.73 Å². The first-order chi connectivity index (χ1) is 9.21. The van der Waals surface area contributed by atoms with Crippen LogP contribution in [-0.4, -0.2) is 25.5 Å². The van der Waals surface area contributed by atoms with E-state index < -0.39 is 0 Å². The molecule has 0 saturated carbocycles. The normalized spacial score (nSPS) is 10.3. The molecule has 0 atom stereocenters. The molecule has 0 heterocycles. The van der Waals surface area contributed by atoms with E-state index in [0.717, 1.165) is 37.2 Å². The van der Waals surface area contributed by atoms with Gasteiger partial charge in [0.05, 0.1) is 6.54 Å². The maximum Gasteiger partial charge on any atom is 0.239 e. The number of unbranched alkanes of at least 4 members (excludes halogenated alkanes) is 1. The fraction of sp³-hybridized carbons (Fsp3) is 0.533. The van der Waals surface area contributed by atoms with Gasteiger partial charge in [0.15, 0.2) is 0 Å². The zero-order chi connectivity index (χ0) is 14.1. The molecular weight excluding hydrogens is 238 g/mol. The molecule has 0 radical (unpaired) electrons. The summed E-state index contributed by atoms with van der Waals surface area (Å²) in [5, 5.41) is 2.94. The van der Waals surface area contributed by atoms with Gasteiger partial charge in [0, 0.05) is 25.3 Å². The predicted octanol–water partition coefficient (Wildman–Crippen LogP) is 1.89. The molecule has 4 nitrogen and oxygen atoms in total. The van der Waals surface area contributed by atoms with Gasteiger partial charge in [-0.05, 0) is 31.0 Å². The van der Waals surface area contributed by atoms with E-state index in [2.05, 4.69) is 24.1 Å². The monoisotopic (exact) mass is 263 g/mol. The highest BCUT2D eigenvalue weighted by Crippen LogP contribution is 2.14. The molecule has 1 aromatic rings. The van der Waals surface area contributed by atoms with Gasteiger partial charge in [-0.25, -0.2) is 0 Å². The van der Waals surface area contributed by atoms with Gasteiger partial charge in [0.25, 0.3) is 0 Å². The number of carbonyl (C=O) groups is 1. The topological polar surface area (TPSA) is 58.4 Å². The third-order valence-corrected chi connectivity index (χ3v) is 3.11. The molecule has 0 fully saturated rings. The standard InChI is InChI=1S/C15H25N3O/c1-3-5-10-17-15(19)12-18(4-2)14-8-6-13(11-16)7-9-14/h6-9H,3-5,10-12,16H2,1-2H3,(H,17,19). The second-order valence-corrected chi connectivity index (χ2v) is 4.59. The summed E-state index contributed by atoms with van der Waals surface area (Å²) in [5.74, 6) is 0.0817. The van der Waals surface area contributed by atoms with Crippen molar-refractivity contribution in [1.29, 1.82) is 0 Å². The highest BCUT2D eigenvalue weighted by atomic mass is 16.2. The van der Waals surface area contributed by atoms with Crippen molar-refractivity contribution in [3.05, 3.63) is 29.8 Å². The number of nitrogens with one attached hydrogen (secondary N) is 1. The van der Waals surface area contributed by atoms with Gasteiger partial charge in [0.1, 0.15) is 0 Å². The number of anilines is 1. The molecule has 1 aromatic carbocycles. The van der Waals surface area contributed by atoms with Crippen molar-refractivity contribution < 1.29 is 4.79 Å². The summed E-state index contributed by atoms with van der Waals surface area (Å²) in [7, 11) is 0. The van der Waals surface area contributed by atoms with Crippen molar-refractivity contribution in [1.82, 2.24) is 5.32 Å². The number of rotatable bonds is 8. The van der Waals surface area contributed by atoms with Gasteiger partial charge in [-0.15, -0.1) is 0 Å². The number of hydrogen-bond donors (Lipinski definition) is 2. The largest absolute Gasteiger partial charge is 0.363 e. The molecule has 0 spiro atoms. The van der Waals surface area contributed by atoms with Crippen LogP contribution in [0.1, 0.15) is 32.3 Å². The molecular formula is C15H25N3O. The van der Waals surface area contributed by atoms with E-state index in [9.17, 15) is 4.79 Å². The van der Waals surface area contributed by atoms with Crippen LogP contribution in [0.4, 0.5) is 5.69 Å². The number of amides is 1. The molecule has 0 saturated heterocycles. The number of carbonyl (C=O) groups excluding carboxylic acids is 1. The molecule has 106 valence electrons. The molecule has 0 aliphatic carbocycles. The maximum atomic E-state index is 11.8. The Morgan fingerprint density at radius 1 is 1.26 bits per heavy atom.